The quantitative estimate of drug-likeness (QED) is 0.415. The van der Waals surface area contributed by atoms with E-state index in [1.807, 2.05) is 55.5 Å². The molecule has 1 aliphatic rings. The summed E-state index contributed by atoms with van der Waals surface area (Å²) in [6.45, 7) is 5.09. The summed E-state index contributed by atoms with van der Waals surface area (Å²) in [5.74, 6) is 3.29. The molecule has 154 valence electrons. The highest BCUT2D eigenvalue weighted by atomic mass is 16.5. The first kappa shape index (κ1) is 20.2. The van der Waals surface area contributed by atoms with E-state index in [1.54, 1.807) is 0 Å². The first-order chi connectivity index (χ1) is 14.6. The van der Waals surface area contributed by atoms with Crippen molar-refractivity contribution in [3.8, 4) is 11.5 Å². The molecule has 3 aromatic carbocycles. The molecule has 4 rings (SSSR count). The van der Waals surface area contributed by atoms with Crippen LogP contribution in [-0.4, -0.2) is 12.3 Å². The fourth-order valence-electron chi connectivity index (χ4n) is 3.76. The molecule has 0 aliphatic heterocycles. The van der Waals surface area contributed by atoms with E-state index < -0.39 is 0 Å². The van der Waals surface area contributed by atoms with Gasteiger partial charge in [0.1, 0.15) is 24.7 Å². The normalized spacial score (nSPS) is 17.4. The minimum absolute atomic E-state index is 0.255. The molecule has 0 amide bonds. The largest absolute Gasteiger partial charge is 0.489 e. The van der Waals surface area contributed by atoms with Gasteiger partial charge in [0.25, 0.3) is 0 Å². The summed E-state index contributed by atoms with van der Waals surface area (Å²) in [4.78, 5) is 0. The molecule has 3 nitrogen and oxygen atoms in total. The Morgan fingerprint density at radius 2 is 1.50 bits per heavy atom. The summed E-state index contributed by atoms with van der Waals surface area (Å²) in [5.41, 5.74) is 5.08. The smallest absolute Gasteiger partial charge is 0.130 e. The van der Waals surface area contributed by atoms with E-state index in [1.165, 1.54) is 24.0 Å². The Labute approximate surface area is 179 Å². The molecule has 0 saturated heterocycles. The Hall–Kier alpha value is -3.07. The lowest BCUT2D eigenvalue weighted by molar-refractivity contribution is 0.305. The van der Waals surface area contributed by atoms with E-state index in [4.69, 9.17) is 14.9 Å². The molecule has 2 atom stereocenters. The SMILES string of the molecule is CCC1CC1c1ccc(OCc2ccc(OCC(=N)c3ccc(C)cc3)cc2)cc1. The zero-order chi connectivity index (χ0) is 20.9. The Kier molecular flexibility index (Phi) is 6.18. The van der Waals surface area contributed by atoms with Crippen molar-refractivity contribution in [2.24, 2.45) is 5.92 Å². The van der Waals surface area contributed by atoms with Gasteiger partial charge in [0.05, 0.1) is 5.71 Å². The molecule has 3 heteroatoms. The van der Waals surface area contributed by atoms with Crippen molar-refractivity contribution < 1.29 is 9.47 Å². The van der Waals surface area contributed by atoms with Crippen LogP contribution in [0.2, 0.25) is 0 Å². The third-order valence-corrected chi connectivity index (χ3v) is 5.87. The van der Waals surface area contributed by atoms with E-state index >= 15 is 0 Å². The average molecular weight is 400 g/mol. The van der Waals surface area contributed by atoms with Gasteiger partial charge >= 0.3 is 0 Å². The number of hydrogen-bond donors (Lipinski definition) is 1. The number of benzene rings is 3. The van der Waals surface area contributed by atoms with Crippen molar-refractivity contribution in [1.82, 2.24) is 0 Å². The van der Waals surface area contributed by atoms with Gasteiger partial charge in [-0.2, -0.15) is 0 Å². The second-order valence-electron chi connectivity index (χ2n) is 8.15. The maximum Gasteiger partial charge on any atom is 0.130 e. The molecule has 2 unspecified atom stereocenters. The number of aryl methyl sites for hydroxylation is 1. The lowest BCUT2D eigenvalue weighted by Crippen LogP contribution is -2.11. The highest BCUT2D eigenvalue weighted by molar-refractivity contribution is 5.99. The van der Waals surface area contributed by atoms with Crippen molar-refractivity contribution in [2.45, 2.75) is 39.2 Å². The van der Waals surface area contributed by atoms with Gasteiger partial charge in [-0.25, -0.2) is 0 Å². The maximum absolute atomic E-state index is 8.18. The van der Waals surface area contributed by atoms with E-state index in [-0.39, 0.29) is 6.61 Å². The fourth-order valence-corrected chi connectivity index (χ4v) is 3.76. The predicted octanol–water partition coefficient (Wildman–Crippen LogP) is 6.53. The van der Waals surface area contributed by atoms with Crippen LogP contribution in [0.4, 0.5) is 0 Å². The molecule has 3 aromatic rings. The average Bonchev–Trinajstić information content (AvgIpc) is 3.58. The summed E-state index contributed by atoms with van der Waals surface area (Å²) >= 11 is 0. The highest BCUT2D eigenvalue weighted by Gasteiger charge is 2.36. The van der Waals surface area contributed by atoms with Crippen LogP contribution in [0.5, 0.6) is 11.5 Å². The minimum atomic E-state index is 0.255. The second-order valence-corrected chi connectivity index (χ2v) is 8.15. The Morgan fingerprint density at radius 1 is 0.867 bits per heavy atom. The third kappa shape index (κ3) is 5.10. The van der Waals surface area contributed by atoms with Crippen molar-refractivity contribution in [1.29, 1.82) is 5.41 Å². The van der Waals surface area contributed by atoms with Gasteiger partial charge in [0.15, 0.2) is 0 Å². The van der Waals surface area contributed by atoms with Crippen molar-refractivity contribution in [3.63, 3.8) is 0 Å². The molecule has 30 heavy (non-hydrogen) atoms. The van der Waals surface area contributed by atoms with Gasteiger partial charge in [-0.15, -0.1) is 0 Å². The Balaban J connectivity index is 1.24. The van der Waals surface area contributed by atoms with Gasteiger partial charge in [-0.3, -0.25) is 0 Å². The van der Waals surface area contributed by atoms with E-state index in [0.29, 0.717) is 12.3 Å². The molecule has 0 heterocycles. The Bertz CT molecular complexity index is 975. The van der Waals surface area contributed by atoms with Gasteiger partial charge in [0, 0.05) is 0 Å². The number of hydrogen-bond acceptors (Lipinski definition) is 3. The van der Waals surface area contributed by atoms with Crippen LogP contribution in [0.15, 0.2) is 72.8 Å². The first-order valence-corrected chi connectivity index (χ1v) is 10.7. The van der Waals surface area contributed by atoms with Gasteiger partial charge < -0.3 is 14.9 Å². The topological polar surface area (TPSA) is 42.3 Å². The summed E-state index contributed by atoms with van der Waals surface area (Å²) in [7, 11) is 0. The molecule has 0 bridgehead atoms. The summed E-state index contributed by atoms with van der Waals surface area (Å²) in [6, 6.07) is 24.4. The van der Waals surface area contributed by atoms with Gasteiger partial charge in [-0.05, 0) is 66.1 Å². The zero-order valence-electron chi connectivity index (χ0n) is 17.7. The lowest BCUT2D eigenvalue weighted by Gasteiger charge is -2.10. The highest BCUT2D eigenvalue weighted by Crippen LogP contribution is 2.49. The standard InChI is InChI=1S/C27H29NO2/c1-3-21-16-26(21)22-10-14-25(15-11-22)29-17-20-6-12-24(13-7-20)30-18-27(28)23-8-4-19(2)5-9-23/h4-15,21,26,28H,3,16-18H2,1-2H3. The predicted molar refractivity (Wildman–Crippen MR) is 122 cm³/mol. The van der Waals surface area contributed by atoms with E-state index in [0.717, 1.165) is 34.5 Å². The van der Waals surface area contributed by atoms with Gasteiger partial charge in [-0.1, -0.05) is 67.4 Å². The second kappa shape index (κ2) is 9.17. The fraction of sp³-hybridized carbons (Fsp3) is 0.296. The number of rotatable bonds is 9. The van der Waals surface area contributed by atoms with Crippen LogP contribution in [0.3, 0.4) is 0 Å². The monoisotopic (exact) mass is 399 g/mol. The number of nitrogens with one attached hydrogen (secondary N) is 1. The van der Waals surface area contributed by atoms with Gasteiger partial charge in [0.2, 0.25) is 0 Å². The lowest BCUT2D eigenvalue weighted by atomic mass is 10.1. The van der Waals surface area contributed by atoms with Crippen LogP contribution < -0.4 is 9.47 Å². The molecule has 1 N–H and O–H groups in total. The molecule has 1 saturated carbocycles. The Morgan fingerprint density at radius 3 is 2.13 bits per heavy atom. The van der Waals surface area contributed by atoms with Crippen LogP contribution in [0, 0.1) is 18.3 Å². The molecule has 0 aromatic heterocycles. The summed E-state index contributed by atoms with van der Waals surface area (Å²) < 4.78 is 11.7. The van der Waals surface area contributed by atoms with Crippen molar-refractivity contribution in [3.05, 3.63) is 95.1 Å². The molecule has 1 aliphatic carbocycles. The third-order valence-electron chi connectivity index (χ3n) is 5.87. The van der Waals surface area contributed by atoms with Crippen molar-refractivity contribution >= 4 is 5.71 Å². The first-order valence-electron chi connectivity index (χ1n) is 10.7. The minimum Gasteiger partial charge on any atom is -0.489 e. The van der Waals surface area contributed by atoms with Crippen LogP contribution in [0.1, 0.15) is 47.9 Å². The summed E-state index contributed by atoms with van der Waals surface area (Å²) in [5, 5.41) is 8.18. The van der Waals surface area contributed by atoms with Crippen molar-refractivity contribution in [2.75, 3.05) is 6.61 Å². The molecule has 0 spiro atoms. The van der Waals surface area contributed by atoms with E-state index in [9.17, 15) is 0 Å². The van der Waals surface area contributed by atoms with Crippen LogP contribution in [-0.2, 0) is 6.61 Å². The molecular weight excluding hydrogens is 370 g/mol. The maximum atomic E-state index is 8.18. The molecular formula is C27H29NO2. The molecule has 1 fully saturated rings. The van der Waals surface area contributed by atoms with Crippen LogP contribution in [0.25, 0.3) is 0 Å². The summed E-state index contributed by atoms with van der Waals surface area (Å²) in [6.07, 6.45) is 2.60. The zero-order valence-corrected chi connectivity index (χ0v) is 17.7. The number of ether oxygens (including phenoxy) is 2. The van der Waals surface area contributed by atoms with E-state index in [2.05, 4.69) is 31.2 Å². The molecule has 0 radical (unpaired) electrons. The van der Waals surface area contributed by atoms with Crippen LogP contribution >= 0.6 is 0 Å².